The molecule has 0 aromatic heterocycles. The lowest BCUT2D eigenvalue weighted by Crippen LogP contribution is -2.55. The number of carboxylic acid groups (broad SMARTS) is 1. The molecule has 0 saturated carbocycles. The number of nitrogens with two attached hydrogens (primary N) is 1. The molecule has 0 fully saturated rings. The highest BCUT2D eigenvalue weighted by Gasteiger charge is 2.27. The van der Waals surface area contributed by atoms with E-state index in [1.165, 1.54) is 0 Å². The van der Waals surface area contributed by atoms with Gasteiger partial charge in [0.1, 0.15) is 18.1 Å². The molecule has 3 amide bonds. The van der Waals surface area contributed by atoms with Gasteiger partial charge in [-0.1, -0.05) is 13.8 Å². The second-order valence-electron chi connectivity index (χ2n) is 5.38. The molecule has 7 N–H and O–H groups in total. The van der Waals surface area contributed by atoms with Gasteiger partial charge in [0.25, 0.3) is 0 Å². The molecule has 0 aliphatic carbocycles. The lowest BCUT2D eigenvalue weighted by Gasteiger charge is -2.22. The highest BCUT2D eigenvalue weighted by atomic mass is 32.1. The predicted octanol–water partition coefficient (Wildman–Crippen LogP) is -2.94. The molecule has 0 heterocycles. The summed E-state index contributed by atoms with van der Waals surface area (Å²) in [6, 6.07) is -3.31. The van der Waals surface area contributed by atoms with Crippen molar-refractivity contribution in [1.82, 2.24) is 16.0 Å². The van der Waals surface area contributed by atoms with Crippen LogP contribution >= 0.6 is 12.6 Å². The minimum absolute atomic E-state index is 0.0634. The van der Waals surface area contributed by atoms with E-state index in [0.29, 0.717) is 0 Å². The lowest BCUT2D eigenvalue weighted by molar-refractivity contribution is -0.143. The Morgan fingerprint density at radius 2 is 1.71 bits per heavy atom. The van der Waals surface area contributed by atoms with E-state index >= 15 is 0 Å². The Bertz CT molecular complexity index is 473. The first kappa shape index (κ1) is 22.1. The Balaban J connectivity index is 4.58. The van der Waals surface area contributed by atoms with E-state index in [9.17, 15) is 19.2 Å². The van der Waals surface area contributed by atoms with E-state index in [4.69, 9.17) is 15.9 Å². The fourth-order valence-electron chi connectivity index (χ4n) is 1.59. The van der Waals surface area contributed by atoms with Crippen molar-refractivity contribution in [3.8, 4) is 0 Å². The first-order chi connectivity index (χ1) is 11.1. The maximum absolute atomic E-state index is 12.0. The number of carbonyl (C=O) groups is 4. The first-order valence-electron chi connectivity index (χ1n) is 7.21. The fraction of sp³-hybridized carbons (Fsp3) is 0.692. The number of rotatable bonds is 10. The molecular weight excluding hydrogens is 340 g/mol. The molecule has 10 nitrogen and oxygen atoms in total. The zero-order chi connectivity index (χ0) is 18.9. The Morgan fingerprint density at radius 1 is 1.12 bits per heavy atom. The Hall–Kier alpha value is -1.85. The number of aliphatic carboxylic acids is 1. The maximum Gasteiger partial charge on any atom is 0.326 e. The smallest absolute Gasteiger partial charge is 0.326 e. The van der Waals surface area contributed by atoms with E-state index < -0.39 is 55.0 Å². The van der Waals surface area contributed by atoms with Crippen LogP contribution in [0, 0.1) is 5.92 Å². The van der Waals surface area contributed by atoms with Gasteiger partial charge < -0.3 is 31.9 Å². The van der Waals surface area contributed by atoms with Crippen molar-refractivity contribution >= 4 is 36.3 Å². The van der Waals surface area contributed by atoms with Crippen LogP contribution in [0.3, 0.4) is 0 Å². The normalized spacial score (nSPS) is 14.4. The molecule has 0 spiro atoms. The summed E-state index contributed by atoms with van der Waals surface area (Å²) in [5, 5.41) is 24.6. The van der Waals surface area contributed by atoms with Crippen LogP contribution in [-0.4, -0.2) is 70.9 Å². The molecule has 0 aromatic rings. The summed E-state index contributed by atoms with van der Waals surface area (Å²) in [7, 11) is 0. The molecule has 0 saturated heterocycles. The molecule has 138 valence electrons. The van der Waals surface area contributed by atoms with Crippen LogP contribution in [0.1, 0.15) is 13.8 Å². The minimum Gasteiger partial charge on any atom is -0.480 e. The third-order valence-electron chi connectivity index (χ3n) is 3.02. The van der Waals surface area contributed by atoms with Gasteiger partial charge in [-0.3, -0.25) is 14.4 Å². The molecule has 0 radical (unpaired) electrons. The molecule has 11 heteroatoms. The highest BCUT2D eigenvalue weighted by molar-refractivity contribution is 7.80. The number of amides is 3. The van der Waals surface area contributed by atoms with E-state index in [0.717, 1.165) is 0 Å². The highest BCUT2D eigenvalue weighted by Crippen LogP contribution is 2.02. The maximum atomic E-state index is 12.0. The minimum atomic E-state index is -1.19. The lowest BCUT2D eigenvalue weighted by atomic mass is 10.0. The molecule has 0 rings (SSSR count). The van der Waals surface area contributed by atoms with Crippen molar-refractivity contribution in [2.75, 3.05) is 18.9 Å². The summed E-state index contributed by atoms with van der Waals surface area (Å²) in [4.78, 5) is 46.2. The van der Waals surface area contributed by atoms with Crippen molar-refractivity contribution in [2.24, 2.45) is 11.7 Å². The third kappa shape index (κ3) is 7.62. The average Bonchev–Trinajstić information content (AvgIpc) is 2.53. The number of carbonyl (C=O) groups excluding carboxylic acids is 3. The van der Waals surface area contributed by atoms with Crippen LogP contribution in [0.25, 0.3) is 0 Å². The average molecular weight is 364 g/mol. The zero-order valence-corrected chi connectivity index (χ0v) is 14.4. The third-order valence-corrected chi connectivity index (χ3v) is 3.39. The molecule has 0 bridgehead atoms. The number of thiol groups is 1. The number of aliphatic hydroxyl groups excluding tert-OH is 1. The SMILES string of the molecule is CC(C)C(NC(=O)C(CS)NC(=O)CNC(=O)C(N)CO)C(=O)O. The molecule has 0 aliphatic heterocycles. The van der Waals surface area contributed by atoms with Crippen LogP contribution in [0.5, 0.6) is 0 Å². The number of hydrogen-bond acceptors (Lipinski definition) is 7. The molecule has 3 unspecified atom stereocenters. The van der Waals surface area contributed by atoms with E-state index in [1.54, 1.807) is 13.8 Å². The van der Waals surface area contributed by atoms with Gasteiger partial charge in [-0.2, -0.15) is 12.6 Å². The van der Waals surface area contributed by atoms with Gasteiger partial charge in [0.15, 0.2) is 0 Å². The van der Waals surface area contributed by atoms with Crippen LogP contribution in [0.4, 0.5) is 0 Å². The summed E-state index contributed by atoms with van der Waals surface area (Å²) in [6.07, 6.45) is 0. The molecular formula is C13H24N4O6S. The predicted molar refractivity (Wildman–Crippen MR) is 88.3 cm³/mol. The number of aliphatic hydroxyl groups is 1. The van der Waals surface area contributed by atoms with E-state index in [2.05, 4.69) is 28.6 Å². The standard InChI is InChI=1S/C13H24N4O6S/c1-6(2)10(13(22)23)17-12(21)8(5-24)16-9(19)3-15-11(20)7(14)4-18/h6-8,10,18,24H,3-5,14H2,1-2H3,(H,15,20)(H,16,19)(H,17,21)(H,22,23). The molecule has 0 aliphatic rings. The van der Waals surface area contributed by atoms with Crippen molar-refractivity contribution in [3.05, 3.63) is 0 Å². The Labute approximate surface area is 144 Å². The summed E-state index contributed by atoms with van der Waals surface area (Å²) in [5.41, 5.74) is 5.26. The monoisotopic (exact) mass is 364 g/mol. The van der Waals surface area contributed by atoms with Crippen molar-refractivity contribution in [1.29, 1.82) is 0 Å². The number of carboxylic acids is 1. The van der Waals surface area contributed by atoms with Crippen LogP contribution in [-0.2, 0) is 19.2 Å². The molecule has 24 heavy (non-hydrogen) atoms. The number of hydrogen-bond donors (Lipinski definition) is 7. The summed E-state index contributed by atoms with van der Waals surface area (Å²) in [6.45, 7) is 2.25. The van der Waals surface area contributed by atoms with Gasteiger partial charge in [-0.25, -0.2) is 4.79 Å². The summed E-state index contributed by atoms with van der Waals surface area (Å²) >= 11 is 3.95. The quantitative estimate of drug-likeness (QED) is 0.203. The Kier molecular flexibility index (Phi) is 10.0. The second-order valence-corrected chi connectivity index (χ2v) is 5.74. The van der Waals surface area contributed by atoms with Gasteiger partial charge in [-0.05, 0) is 5.92 Å². The van der Waals surface area contributed by atoms with Crippen molar-refractivity contribution < 1.29 is 29.4 Å². The van der Waals surface area contributed by atoms with Crippen LogP contribution < -0.4 is 21.7 Å². The van der Waals surface area contributed by atoms with Gasteiger partial charge in [0.05, 0.1) is 13.2 Å². The van der Waals surface area contributed by atoms with Gasteiger partial charge in [0, 0.05) is 5.75 Å². The Morgan fingerprint density at radius 3 is 2.12 bits per heavy atom. The molecule has 0 aromatic carbocycles. The first-order valence-corrected chi connectivity index (χ1v) is 7.84. The van der Waals surface area contributed by atoms with Gasteiger partial charge in [0.2, 0.25) is 17.7 Å². The van der Waals surface area contributed by atoms with E-state index in [1.807, 2.05) is 0 Å². The van der Waals surface area contributed by atoms with Gasteiger partial charge >= 0.3 is 5.97 Å². The van der Waals surface area contributed by atoms with Crippen molar-refractivity contribution in [2.45, 2.75) is 32.0 Å². The molecule has 3 atom stereocenters. The van der Waals surface area contributed by atoms with Crippen molar-refractivity contribution in [3.63, 3.8) is 0 Å². The zero-order valence-electron chi connectivity index (χ0n) is 13.5. The summed E-state index contributed by atoms with van der Waals surface area (Å²) < 4.78 is 0. The second kappa shape index (κ2) is 10.8. The largest absolute Gasteiger partial charge is 0.480 e. The number of nitrogens with one attached hydrogen (secondary N) is 3. The topological polar surface area (TPSA) is 171 Å². The fourth-order valence-corrected chi connectivity index (χ4v) is 1.85. The van der Waals surface area contributed by atoms with Gasteiger partial charge in [-0.15, -0.1) is 0 Å². The van der Waals surface area contributed by atoms with Crippen LogP contribution in [0.2, 0.25) is 0 Å². The van der Waals surface area contributed by atoms with E-state index in [-0.39, 0.29) is 11.7 Å². The van der Waals surface area contributed by atoms with Crippen LogP contribution in [0.15, 0.2) is 0 Å². The summed E-state index contributed by atoms with van der Waals surface area (Å²) in [5.74, 6) is -3.69.